The van der Waals surface area contributed by atoms with Crippen LogP contribution >= 0.6 is 0 Å². The Morgan fingerprint density at radius 1 is 1.56 bits per heavy atom. The van der Waals surface area contributed by atoms with Gasteiger partial charge in [0.25, 0.3) is 0 Å². The lowest BCUT2D eigenvalue weighted by Crippen LogP contribution is -2.19. The predicted octanol–water partition coefficient (Wildman–Crippen LogP) is 0.733. The van der Waals surface area contributed by atoms with Crippen molar-refractivity contribution in [1.29, 1.82) is 0 Å². The van der Waals surface area contributed by atoms with E-state index < -0.39 is 9.84 Å². The van der Waals surface area contributed by atoms with E-state index in [1.165, 1.54) is 0 Å². The maximum absolute atomic E-state index is 11.5. The third-order valence-corrected chi connectivity index (χ3v) is 4.13. The summed E-state index contributed by atoms with van der Waals surface area (Å²) in [6, 6.07) is 0. The van der Waals surface area contributed by atoms with Gasteiger partial charge in [-0.2, -0.15) is 5.10 Å². The third kappa shape index (κ3) is 2.17. The number of aromatic nitrogens is 2. The second-order valence-electron chi connectivity index (χ2n) is 3.67. The third-order valence-electron chi connectivity index (χ3n) is 2.58. The minimum atomic E-state index is -2.98. The number of azide groups is 1. The Morgan fingerprint density at radius 3 is 3.12 bits per heavy atom. The topological polar surface area (TPSA) is 112 Å². The van der Waals surface area contributed by atoms with Crippen LogP contribution in [0.5, 0.6) is 0 Å². The van der Waals surface area contributed by atoms with Crippen LogP contribution in [0.25, 0.3) is 10.4 Å². The Bertz CT molecular complexity index is 541. The van der Waals surface area contributed by atoms with Crippen LogP contribution in [-0.4, -0.2) is 30.9 Å². The van der Waals surface area contributed by atoms with Crippen LogP contribution in [0.15, 0.2) is 5.11 Å². The van der Waals surface area contributed by atoms with Gasteiger partial charge in [-0.3, -0.25) is 5.10 Å². The highest BCUT2D eigenvalue weighted by Crippen LogP contribution is 2.22. The van der Waals surface area contributed by atoms with E-state index in [1.54, 1.807) is 0 Å². The molecule has 0 amide bonds. The summed E-state index contributed by atoms with van der Waals surface area (Å²) in [6.45, 7) is 0.299. The quantitative estimate of drug-likeness (QED) is 0.478. The van der Waals surface area contributed by atoms with Gasteiger partial charge in [0, 0.05) is 29.1 Å². The number of sulfone groups is 1. The summed E-state index contributed by atoms with van der Waals surface area (Å²) in [5.41, 5.74) is 10.5. The van der Waals surface area contributed by atoms with Crippen LogP contribution in [-0.2, 0) is 28.4 Å². The monoisotopic (exact) mass is 241 g/mol. The van der Waals surface area contributed by atoms with Crippen LogP contribution in [0, 0.1) is 0 Å². The summed E-state index contributed by atoms with van der Waals surface area (Å²) in [6.07, 6.45) is 0.970. The molecule has 2 heterocycles. The molecule has 1 N–H and O–H groups in total. The molecule has 0 spiro atoms. The molecular formula is C8H11N5O2S. The average molecular weight is 241 g/mol. The van der Waals surface area contributed by atoms with Crippen molar-refractivity contribution in [2.24, 2.45) is 5.11 Å². The number of aromatic amines is 1. The highest BCUT2D eigenvalue weighted by atomic mass is 32.2. The van der Waals surface area contributed by atoms with Gasteiger partial charge < -0.3 is 0 Å². The molecule has 16 heavy (non-hydrogen) atoms. The highest BCUT2D eigenvalue weighted by molar-refractivity contribution is 7.90. The van der Waals surface area contributed by atoms with E-state index in [2.05, 4.69) is 20.2 Å². The van der Waals surface area contributed by atoms with Crippen molar-refractivity contribution >= 4 is 9.84 Å². The van der Waals surface area contributed by atoms with E-state index in [1.807, 2.05) is 0 Å². The average Bonchev–Trinajstić information content (AvgIpc) is 2.60. The van der Waals surface area contributed by atoms with Crippen molar-refractivity contribution in [3.8, 4) is 0 Å². The minimum Gasteiger partial charge on any atom is -0.282 e. The van der Waals surface area contributed by atoms with E-state index in [9.17, 15) is 8.42 Å². The first-order valence-corrected chi connectivity index (χ1v) is 6.71. The number of H-pyrrole nitrogens is 1. The molecule has 1 aromatic heterocycles. The van der Waals surface area contributed by atoms with Crippen molar-refractivity contribution in [3.63, 3.8) is 0 Å². The highest BCUT2D eigenvalue weighted by Gasteiger charge is 2.25. The molecule has 2 rings (SSSR count). The van der Waals surface area contributed by atoms with E-state index in [4.69, 9.17) is 5.53 Å². The van der Waals surface area contributed by atoms with Crippen LogP contribution in [0.2, 0.25) is 0 Å². The number of hydrogen-bond acceptors (Lipinski definition) is 4. The van der Waals surface area contributed by atoms with E-state index in [-0.39, 0.29) is 11.5 Å². The van der Waals surface area contributed by atoms with Gasteiger partial charge >= 0.3 is 0 Å². The van der Waals surface area contributed by atoms with Gasteiger partial charge in [-0.1, -0.05) is 5.11 Å². The van der Waals surface area contributed by atoms with Crippen molar-refractivity contribution in [3.05, 3.63) is 27.4 Å². The lowest BCUT2D eigenvalue weighted by atomic mass is 10.1. The maximum atomic E-state index is 11.5. The van der Waals surface area contributed by atoms with E-state index in [0.717, 1.165) is 11.3 Å². The first kappa shape index (κ1) is 11.0. The Balaban J connectivity index is 2.23. The van der Waals surface area contributed by atoms with Crippen LogP contribution in [0.3, 0.4) is 0 Å². The smallest absolute Gasteiger partial charge is 0.154 e. The summed E-state index contributed by atoms with van der Waals surface area (Å²) in [5.74, 6) is 0.225. The number of fused-ring (bicyclic) bond motifs is 1. The van der Waals surface area contributed by atoms with Crippen LogP contribution < -0.4 is 0 Å². The van der Waals surface area contributed by atoms with E-state index >= 15 is 0 Å². The summed E-state index contributed by atoms with van der Waals surface area (Å²) in [5, 5.41) is 10.3. The van der Waals surface area contributed by atoms with E-state index in [0.29, 0.717) is 25.1 Å². The molecule has 0 atom stereocenters. The fourth-order valence-electron chi connectivity index (χ4n) is 1.78. The number of aryl methyl sites for hydroxylation is 1. The van der Waals surface area contributed by atoms with Gasteiger partial charge in [0.05, 0.1) is 17.2 Å². The summed E-state index contributed by atoms with van der Waals surface area (Å²) >= 11 is 0. The lowest BCUT2D eigenvalue weighted by Gasteiger charge is -2.11. The molecule has 8 heteroatoms. The Labute approximate surface area is 92.4 Å². The Hall–Kier alpha value is -1.53. The second kappa shape index (κ2) is 4.15. The molecule has 0 aromatic carbocycles. The number of nitrogens with zero attached hydrogens (tertiary/aromatic N) is 4. The lowest BCUT2D eigenvalue weighted by molar-refractivity contribution is 0.591. The summed E-state index contributed by atoms with van der Waals surface area (Å²) in [4.78, 5) is 2.64. The van der Waals surface area contributed by atoms with Gasteiger partial charge in [-0.25, -0.2) is 8.42 Å². The normalized spacial score (nSPS) is 17.5. The molecule has 1 aromatic rings. The molecule has 86 valence electrons. The van der Waals surface area contributed by atoms with Gasteiger partial charge in [-0.05, 0) is 12.0 Å². The molecule has 0 aliphatic carbocycles. The van der Waals surface area contributed by atoms with Crippen molar-refractivity contribution < 1.29 is 8.42 Å². The Kier molecular flexibility index (Phi) is 2.84. The first-order valence-electron chi connectivity index (χ1n) is 4.88. The standard InChI is InChI=1S/C8H11N5O2S/c9-13-10-3-1-7-6-5-16(14,15)4-2-8(6)12-11-7/h1-5H2,(H,11,12). The zero-order chi connectivity index (χ0) is 11.6. The molecule has 0 saturated carbocycles. The minimum absolute atomic E-state index is 0.0461. The second-order valence-corrected chi connectivity index (χ2v) is 5.86. The molecule has 0 unspecified atom stereocenters. The molecule has 0 bridgehead atoms. The fourth-order valence-corrected chi connectivity index (χ4v) is 3.22. The molecule has 0 fully saturated rings. The molecule has 1 aliphatic rings. The maximum Gasteiger partial charge on any atom is 0.154 e. The van der Waals surface area contributed by atoms with Crippen LogP contribution in [0.1, 0.15) is 17.0 Å². The molecule has 0 saturated heterocycles. The number of hydrogen-bond donors (Lipinski definition) is 1. The molecular weight excluding hydrogens is 230 g/mol. The molecule has 1 aliphatic heterocycles. The summed E-state index contributed by atoms with van der Waals surface area (Å²) < 4.78 is 22.9. The van der Waals surface area contributed by atoms with Gasteiger partial charge in [0.15, 0.2) is 9.84 Å². The van der Waals surface area contributed by atoms with Gasteiger partial charge in [0.2, 0.25) is 0 Å². The van der Waals surface area contributed by atoms with Crippen molar-refractivity contribution in [1.82, 2.24) is 10.2 Å². The van der Waals surface area contributed by atoms with Crippen molar-refractivity contribution in [2.45, 2.75) is 18.6 Å². The molecule has 7 nitrogen and oxygen atoms in total. The van der Waals surface area contributed by atoms with Crippen molar-refractivity contribution in [2.75, 3.05) is 12.3 Å². The Morgan fingerprint density at radius 2 is 2.38 bits per heavy atom. The largest absolute Gasteiger partial charge is 0.282 e. The SMILES string of the molecule is [N-]=[N+]=NCCc1n[nH]c2c1CS(=O)(=O)CC2. The van der Waals surface area contributed by atoms with Gasteiger partial charge in [-0.15, -0.1) is 0 Å². The first-order chi connectivity index (χ1) is 7.62. The fraction of sp³-hybridized carbons (Fsp3) is 0.625. The summed E-state index contributed by atoms with van der Waals surface area (Å²) in [7, 11) is -2.98. The number of rotatable bonds is 3. The number of nitrogens with one attached hydrogen (secondary N) is 1. The van der Waals surface area contributed by atoms with Gasteiger partial charge in [0.1, 0.15) is 0 Å². The van der Waals surface area contributed by atoms with Crippen LogP contribution in [0.4, 0.5) is 0 Å². The predicted molar refractivity (Wildman–Crippen MR) is 57.5 cm³/mol. The molecule has 0 radical (unpaired) electrons. The zero-order valence-corrected chi connectivity index (χ0v) is 9.37. The zero-order valence-electron chi connectivity index (χ0n) is 8.55.